The first-order valence-electron chi connectivity index (χ1n) is 8.39. The molecule has 0 radical (unpaired) electrons. The van der Waals surface area contributed by atoms with Crippen molar-refractivity contribution in [2.45, 2.75) is 19.5 Å². The van der Waals surface area contributed by atoms with Crippen molar-refractivity contribution in [2.75, 3.05) is 29.6 Å². The van der Waals surface area contributed by atoms with E-state index in [4.69, 9.17) is 0 Å². The molecular weight excluding hydrogens is 369 g/mol. The second kappa shape index (κ2) is 8.39. The summed E-state index contributed by atoms with van der Waals surface area (Å²) >= 11 is 0. The molecule has 2 aromatic carbocycles. The summed E-state index contributed by atoms with van der Waals surface area (Å²) in [5, 5.41) is 2.71. The summed E-state index contributed by atoms with van der Waals surface area (Å²) in [6.07, 6.45) is 0.948. The number of sulfonamides is 1. The predicted octanol–water partition coefficient (Wildman–Crippen LogP) is 2.36. The maximum absolute atomic E-state index is 14.1. The van der Waals surface area contributed by atoms with Crippen molar-refractivity contribution in [1.82, 2.24) is 5.32 Å². The molecule has 0 aromatic heterocycles. The van der Waals surface area contributed by atoms with Crippen molar-refractivity contribution in [3.8, 4) is 0 Å². The van der Waals surface area contributed by atoms with Gasteiger partial charge in [-0.1, -0.05) is 24.3 Å². The lowest BCUT2D eigenvalue weighted by Crippen LogP contribution is -2.48. The molecule has 6 nitrogen and oxygen atoms in total. The van der Waals surface area contributed by atoms with Crippen LogP contribution >= 0.6 is 0 Å². The van der Waals surface area contributed by atoms with Crippen LogP contribution in [0.3, 0.4) is 0 Å². The number of carbonyl (C=O) groups is 1. The smallest absolute Gasteiger partial charge is 0.243 e. The van der Waals surface area contributed by atoms with Gasteiger partial charge in [0.05, 0.1) is 11.9 Å². The molecule has 0 heterocycles. The molecule has 0 aliphatic rings. The van der Waals surface area contributed by atoms with E-state index < -0.39 is 27.8 Å². The minimum atomic E-state index is -3.86. The lowest BCUT2D eigenvalue weighted by Gasteiger charge is -2.28. The van der Waals surface area contributed by atoms with Crippen LogP contribution in [0.1, 0.15) is 12.5 Å². The number of carbonyl (C=O) groups excluding carboxylic acids is 1. The van der Waals surface area contributed by atoms with Crippen LogP contribution in [0.4, 0.5) is 15.8 Å². The molecule has 2 aromatic rings. The fourth-order valence-electron chi connectivity index (χ4n) is 2.66. The molecule has 0 saturated heterocycles. The summed E-state index contributed by atoms with van der Waals surface area (Å²) in [5.74, 6) is -1.22. The van der Waals surface area contributed by atoms with Gasteiger partial charge in [-0.2, -0.15) is 0 Å². The molecule has 1 unspecified atom stereocenters. The third kappa shape index (κ3) is 5.19. The number of benzene rings is 2. The van der Waals surface area contributed by atoms with Crippen LogP contribution in [-0.4, -0.2) is 40.7 Å². The molecule has 0 bridgehead atoms. The number of rotatable bonds is 7. The lowest BCUT2D eigenvalue weighted by atomic mass is 10.2. The van der Waals surface area contributed by atoms with E-state index in [1.807, 2.05) is 43.3 Å². The van der Waals surface area contributed by atoms with Crippen LogP contribution in [0.2, 0.25) is 0 Å². The van der Waals surface area contributed by atoms with Gasteiger partial charge in [-0.15, -0.1) is 0 Å². The number of anilines is 2. The van der Waals surface area contributed by atoms with Crippen molar-refractivity contribution < 1.29 is 17.6 Å². The Morgan fingerprint density at radius 2 is 1.70 bits per heavy atom. The Hall–Kier alpha value is -2.61. The molecular formula is C19H24FN3O3S. The first kappa shape index (κ1) is 20.7. The molecule has 1 amide bonds. The third-order valence-electron chi connectivity index (χ3n) is 4.10. The zero-order valence-electron chi connectivity index (χ0n) is 15.8. The first-order valence-corrected chi connectivity index (χ1v) is 10.2. The van der Waals surface area contributed by atoms with Crippen LogP contribution < -0.4 is 14.5 Å². The van der Waals surface area contributed by atoms with Gasteiger partial charge in [0, 0.05) is 26.3 Å². The maximum atomic E-state index is 14.1. The van der Waals surface area contributed by atoms with Gasteiger partial charge < -0.3 is 10.2 Å². The monoisotopic (exact) mass is 393 g/mol. The van der Waals surface area contributed by atoms with Crippen molar-refractivity contribution >= 4 is 27.3 Å². The van der Waals surface area contributed by atoms with Crippen LogP contribution in [-0.2, 0) is 21.4 Å². The number of hydrogen-bond donors (Lipinski definition) is 1. The Labute approximate surface area is 159 Å². The molecule has 0 aliphatic heterocycles. The molecule has 0 fully saturated rings. The summed E-state index contributed by atoms with van der Waals surface area (Å²) in [4.78, 5) is 14.5. The quantitative estimate of drug-likeness (QED) is 0.784. The Balaban J connectivity index is 2.14. The van der Waals surface area contributed by atoms with Gasteiger partial charge in [-0.3, -0.25) is 9.10 Å². The number of nitrogens with one attached hydrogen (secondary N) is 1. The average molecular weight is 393 g/mol. The number of para-hydroxylation sites is 1. The van der Waals surface area contributed by atoms with E-state index in [-0.39, 0.29) is 12.2 Å². The van der Waals surface area contributed by atoms with Crippen molar-refractivity contribution in [2.24, 2.45) is 0 Å². The summed E-state index contributed by atoms with van der Waals surface area (Å²) in [7, 11) is 0.00716. The van der Waals surface area contributed by atoms with Crippen LogP contribution in [0.15, 0.2) is 48.5 Å². The molecule has 0 aliphatic carbocycles. The van der Waals surface area contributed by atoms with Gasteiger partial charge in [0.15, 0.2) is 0 Å². The van der Waals surface area contributed by atoms with Crippen molar-refractivity contribution in [3.63, 3.8) is 0 Å². The minimum absolute atomic E-state index is 0.155. The minimum Gasteiger partial charge on any atom is -0.378 e. The second-order valence-electron chi connectivity index (χ2n) is 6.46. The Morgan fingerprint density at radius 3 is 2.22 bits per heavy atom. The van der Waals surface area contributed by atoms with Gasteiger partial charge in [-0.25, -0.2) is 12.8 Å². The first-order chi connectivity index (χ1) is 12.6. The molecule has 1 N–H and O–H groups in total. The van der Waals surface area contributed by atoms with E-state index in [0.717, 1.165) is 27.9 Å². The molecule has 0 spiro atoms. The highest BCUT2D eigenvalue weighted by Gasteiger charge is 2.30. The number of amides is 1. The Bertz CT molecular complexity index is 899. The van der Waals surface area contributed by atoms with Gasteiger partial charge in [0.25, 0.3) is 0 Å². The van der Waals surface area contributed by atoms with Gasteiger partial charge in [-0.05, 0) is 36.8 Å². The highest BCUT2D eigenvalue weighted by molar-refractivity contribution is 7.92. The molecule has 0 saturated carbocycles. The summed E-state index contributed by atoms with van der Waals surface area (Å²) in [6.45, 7) is 1.67. The van der Waals surface area contributed by atoms with Crippen LogP contribution in [0.25, 0.3) is 0 Å². The molecule has 8 heteroatoms. The number of hydrogen-bond acceptors (Lipinski definition) is 4. The zero-order valence-corrected chi connectivity index (χ0v) is 16.6. The van der Waals surface area contributed by atoms with E-state index >= 15 is 0 Å². The molecule has 146 valence electrons. The molecule has 1 atom stereocenters. The highest BCUT2D eigenvalue weighted by atomic mass is 32.2. The number of halogens is 1. The SMILES string of the molecule is CC(C(=O)NCc1ccc(N(C)C)cc1)N(c1ccccc1F)S(C)(=O)=O. The Kier molecular flexibility index (Phi) is 6.43. The van der Waals surface area contributed by atoms with Crippen molar-refractivity contribution in [3.05, 3.63) is 59.9 Å². The summed E-state index contributed by atoms with van der Waals surface area (Å²) in [5.41, 5.74) is 1.75. The van der Waals surface area contributed by atoms with Gasteiger partial charge in [0.2, 0.25) is 15.9 Å². The molecule has 2 rings (SSSR count). The standard InChI is InChI=1S/C19H24FN3O3S/c1-14(23(27(4,25)26)18-8-6-5-7-17(18)20)19(24)21-13-15-9-11-16(12-10-15)22(2)3/h5-12,14H,13H2,1-4H3,(H,21,24). The van der Waals surface area contributed by atoms with E-state index in [2.05, 4.69) is 5.32 Å². The van der Waals surface area contributed by atoms with Gasteiger partial charge >= 0.3 is 0 Å². The Morgan fingerprint density at radius 1 is 1.11 bits per heavy atom. The summed E-state index contributed by atoms with van der Waals surface area (Å²) in [6, 6.07) is 12.0. The third-order valence-corrected chi connectivity index (χ3v) is 5.33. The average Bonchev–Trinajstić information content (AvgIpc) is 2.60. The van der Waals surface area contributed by atoms with E-state index in [0.29, 0.717) is 0 Å². The largest absolute Gasteiger partial charge is 0.378 e. The number of nitrogens with zero attached hydrogens (tertiary/aromatic N) is 2. The zero-order chi connectivity index (χ0) is 20.2. The van der Waals surface area contributed by atoms with E-state index in [9.17, 15) is 17.6 Å². The van der Waals surface area contributed by atoms with Crippen LogP contribution in [0.5, 0.6) is 0 Å². The van der Waals surface area contributed by atoms with E-state index in [1.165, 1.54) is 25.1 Å². The fourth-order valence-corrected chi connectivity index (χ4v) is 3.84. The fraction of sp³-hybridized carbons (Fsp3) is 0.316. The highest BCUT2D eigenvalue weighted by Crippen LogP contribution is 2.24. The normalized spacial score (nSPS) is 12.3. The predicted molar refractivity (Wildman–Crippen MR) is 106 cm³/mol. The van der Waals surface area contributed by atoms with Crippen molar-refractivity contribution in [1.29, 1.82) is 0 Å². The van der Waals surface area contributed by atoms with Crippen LogP contribution in [0, 0.1) is 5.82 Å². The lowest BCUT2D eigenvalue weighted by molar-refractivity contribution is -0.122. The topological polar surface area (TPSA) is 69.7 Å². The second-order valence-corrected chi connectivity index (χ2v) is 8.32. The maximum Gasteiger partial charge on any atom is 0.243 e. The van der Waals surface area contributed by atoms with Gasteiger partial charge in [0.1, 0.15) is 11.9 Å². The summed E-state index contributed by atoms with van der Waals surface area (Å²) < 4.78 is 39.3. The van der Waals surface area contributed by atoms with E-state index in [1.54, 1.807) is 0 Å². The molecule has 27 heavy (non-hydrogen) atoms.